The lowest BCUT2D eigenvalue weighted by atomic mass is 9.80. The van der Waals surface area contributed by atoms with Gasteiger partial charge in [-0.3, -0.25) is 0 Å². The largest absolute Gasteiger partial charge is 0.491 e. The summed E-state index contributed by atoms with van der Waals surface area (Å²) in [6, 6.07) is 6.70. The average molecular weight is 236 g/mol. The van der Waals surface area contributed by atoms with Crippen molar-refractivity contribution in [2.24, 2.45) is 0 Å². The quantitative estimate of drug-likeness (QED) is 0.551. The predicted molar refractivity (Wildman–Crippen MR) is 65.4 cm³/mol. The minimum Gasteiger partial charge on any atom is -0.491 e. The molecule has 1 aliphatic carbocycles. The summed E-state index contributed by atoms with van der Waals surface area (Å²) in [5.41, 5.74) is 0.461. The van der Waals surface area contributed by atoms with Crippen molar-refractivity contribution in [2.45, 2.75) is 25.4 Å². The van der Waals surface area contributed by atoms with Crippen molar-refractivity contribution in [2.75, 3.05) is 13.2 Å². The third kappa shape index (κ3) is 3.73. The standard InChI is InChI=1S/C12H17BO4/c14-13(15)10-4-6-12(7-5-10)17-9-8-16-11-2-1-3-11/h4-7,11,14-15H,1-3,8-9H2. The van der Waals surface area contributed by atoms with Gasteiger partial charge in [-0.15, -0.1) is 0 Å². The van der Waals surface area contributed by atoms with Gasteiger partial charge in [0.1, 0.15) is 12.4 Å². The number of hydrogen-bond acceptors (Lipinski definition) is 4. The van der Waals surface area contributed by atoms with Crippen molar-refractivity contribution in [3.8, 4) is 5.75 Å². The van der Waals surface area contributed by atoms with Crippen LogP contribution >= 0.6 is 0 Å². The molecule has 1 fully saturated rings. The van der Waals surface area contributed by atoms with Crippen molar-refractivity contribution < 1.29 is 19.5 Å². The van der Waals surface area contributed by atoms with Gasteiger partial charge in [-0.1, -0.05) is 12.1 Å². The molecule has 2 N–H and O–H groups in total. The van der Waals surface area contributed by atoms with Crippen LogP contribution in [0.4, 0.5) is 0 Å². The molecule has 0 bridgehead atoms. The van der Waals surface area contributed by atoms with Crippen LogP contribution in [0.2, 0.25) is 0 Å². The highest BCUT2D eigenvalue weighted by molar-refractivity contribution is 6.58. The first-order chi connectivity index (χ1) is 8.25. The van der Waals surface area contributed by atoms with E-state index in [1.165, 1.54) is 19.3 Å². The lowest BCUT2D eigenvalue weighted by Crippen LogP contribution is -2.29. The number of hydrogen-bond donors (Lipinski definition) is 2. The van der Waals surface area contributed by atoms with Gasteiger partial charge in [0.2, 0.25) is 0 Å². The zero-order valence-electron chi connectivity index (χ0n) is 9.71. The Bertz CT molecular complexity index is 335. The molecule has 4 nitrogen and oxygen atoms in total. The third-order valence-electron chi connectivity index (χ3n) is 2.94. The molecule has 1 aromatic carbocycles. The molecule has 0 radical (unpaired) electrons. The van der Waals surface area contributed by atoms with Crippen LogP contribution in [0.15, 0.2) is 24.3 Å². The molecule has 0 spiro atoms. The second-order valence-electron chi connectivity index (χ2n) is 4.21. The fourth-order valence-corrected chi connectivity index (χ4v) is 1.65. The maximum absolute atomic E-state index is 8.92. The maximum Gasteiger partial charge on any atom is 0.488 e. The summed E-state index contributed by atoms with van der Waals surface area (Å²) in [5.74, 6) is 0.714. The first-order valence-electron chi connectivity index (χ1n) is 5.96. The topological polar surface area (TPSA) is 58.9 Å². The Hall–Kier alpha value is -1.04. The smallest absolute Gasteiger partial charge is 0.488 e. The third-order valence-corrected chi connectivity index (χ3v) is 2.94. The van der Waals surface area contributed by atoms with Gasteiger partial charge < -0.3 is 19.5 Å². The first-order valence-corrected chi connectivity index (χ1v) is 5.96. The van der Waals surface area contributed by atoms with E-state index in [4.69, 9.17) is 19.5 Å². The van der Waals surface area contributed by atoms with Crippen LogP contribution in [-0.4, -0.2) is 36.5 Å². The summed E-state index contributed by atoms with van der Waals surface area (Å²) in [4.78, 5) is 0. The van der Waals surface area contributed by atoms with Crippen LogP contribution in [0.3, 0.4) is 0 Å². The van der Waals surface area contributed by atoms with Crippen LogP contribution in [0, 0.1) is 0 Å². The zero-order valence-corrected chi connectivity index (χ0v) is 9.71. The van der Waals surface area contributed by atoms with Gasteiger partial charge >= 0.3 is 7.12 Å². The average Bonchev–Trinajstić information content (AvgIpc) is 2.27. The molecule has 92 valence electrons. The van der Waals surface area contributed by atoms with E-state index in [0.29, 0.717) is 30.5 Å². The Labute approximate surface area is 101 Å². The lowest BCUT2D eigenvalue weighted by Gasteiger charge is -2.25. The van der Waals surface area contributed by atoms with Crippen molar-refractivity contribution in [3.63, 3.8) is 0 Å². The van der Waals surface area contributed by atoms with Gasteiger partial charge in [0, 0.05) is 0 Å². The molecule has 0 aromatic heterocycles. The van der Waals surface area contributed by atoms with E-state index in [2.05, 4.69) is 0 Å². The number of ether oxygens (including phenoxy) is 2. The molecule has 1 saturated carbocycles. The monoisotopic (exact) mass is 236 g/mol. The molecule has 0 unspecified atom stereocenters. The van der Waals surface area contributed by atoms with Crippen molar-refractivity contribution in [1.29, 1.82) is 0 Å². The summed E-state index contributed by atoms with van der Waals surface area (Å²) in [5, 5.41) is 17.8. The van der Waals surface area contributed by atoms with E-state index in [9.17, 15) is 0 Å². The van der Waals surface area contributed by atoms with E-state index in [-0.39, 0.29) is 0 Å². The minimum absolute atomic E-state index is 0.436. The van der Waals surface area contributed by atoms with Gasteiger partial charge in [-0.25, -0.2) is 0 Å². The van der Waals surface area contributed by atoms with Gasteiger partial charge in [-0.2, -0.15) is 0 Å². The Kier molecular flexibility index (Phi) is 4.42. The van der Waals surface area contributed by atoms with E-state index in [1.807, 2.05) is 0 Å². The van der Waals surface area contributed by atoms with Crippen molar-refractivity contribution in [1.82, 2.24) is 0 Å². The summed E-state index contributed by atoms with van der Waals surface area (Å²) < 4.78 is 11.0. The summed E-state index contributed by atoms with van der Waals surface area (Å²) in [6.07, 6.45) is 4.05. The van der Waals surface area contributed by atoms with Gasteiger partial charge in [0.15, 0.2) is 0 Å². The van der Waals surface area contributed by atoms with Crippen LogP contribution in [-0.2, 0) is 4.74 Å². The molecule has 0 heterocycles. The maximum atomic E-state index is 8.92. The highest BCUT2D eigenvalue weighted by Crippen LogP contribution is 2.21. The summed E-state index contributed by atoms with van der Waals surface area (Å²) >= 11 is 0. The van der Waals surface area contributed by atoms with Crippen LogP contribution in [0.25, 0.3) is 0 Å². The molecule has 1 aromatic rings. The van der Waals surface area contributed by atoms with Crippen LogP contribution in [0.1, 0.15) is 19.3 Å². The number of rotatable bonds is 6. The molecule has 0 aliphatic heterocycles. The Balaban J connectivity index is 1.67. The van der Waals surface area contributed by atoms with Gasteiger partial charge in [0.05, 0.1) is 12.7 Å². The first kappa shape index (κ1) is 12.4. The molecule has 0 saturated heterocycles. The highest BCUT2D eigenvalue weighted by Gasteiger charge is 2.17. The van der Waals surface area contributed by atoms with Gasteiger partial charge in [-0.05, 0) is 36.9 Å². The molecule has 5 heteroatoms. The SMILES string of the molecule is OB(O)c1ccc(OCCOC2CCC2)cc1. The normalized spacial score (nSPS) is 15.4. The minimum atomic E-state index is -1.43. The Morgan fingerprint density at radius 3 is 2.35 bits per heavy atom. The molecule has 0 atom stereocenters. The summed E-state index contributed by atoms with van der Waals surface area (Å²) in [6.45, 7) is 1.13. The zero-order chi connectivity index (χ0) is 12.1. The van der Waals surface area contributed by atoms with Crippen LogP contribution in [0.5, 0.6) is 5.75 Å². The van der Waals surface area contributed by atoms with Crippen molar-refractivity contribution in [3.05, 3.63) is 24.3 Å². The fourth-order valence-electron chi connectivity index (χ4n) is 1.65. The molecule has 1 aliphatic rings. The molecular formula is C12H17BO4. The molecule has 0 amide bonds. The lowest BCUT2D eigenvalue weighted by molar-refractivity contribution is -0.0103. The molecule has 2 rings (SSSR count). The number of benzene rings is 1. The predicted octanol–water partition coefficient (Wildman–Crippen LogP) is 0.314. The summed E-state index contributed by atoms with van der Waals surface area (Å²) in [7, 11) is -1.43. The Morgan fingerprint density at radius 1 is 1.12 bits per heavy atom. The molecular weight excluding hydrogens is 219 g/mol. The van der Waals surface area contributed by atoms with E-state index >= 15 is 0 Å². The van der Waals surface area contributed by atoms with E-state index in [1.54, 1.807) is 24.3 Å². The highest BCUT2D eigenvalue weighted by atomic mass is 16.5. The van der Waals surface area contributed by atoms with Crippen molar-refractivity contribution >= 4 is 12.6 Å². The second kappa shape index (κ2) is 6.05. The second-order valence-corrected chi connectivity index (χ2v) is 4.21. The molecule has 17 heavy (non-hydrogen) atoms. The van der Waals surface area contributed by atoms with Crippen LogP contribution < -0.4 is 10.2 Å². The van der Waals surface area contributed by atoms with E-state index < -0.39 is 7.12 Å². The van der Waals surface area contributed by atoms with Gasteiger partial charge in [0.25, 0.3) is 0 Å². The Morgan fingerprint density at radius 2 is 1.82 bits per heavy atom. The fraction of sp³-hybridized carbons (Fsp3) is 0.500. The van der Waals surface area contributed by atoms with E-state index in [0.717, 1.165) is 0 Å².